The van der Waals surface area contributed by atoms with Crippen molar-refractivity contribution in [2.24, 2.45) is 0 Å². The van der Waals surface area contributed by atoms with E-state index >= 15 is 0 Å². The van der Waals surface area contributed by atoms with E-state index in [-0.39, 0.29) is 6.04 Å². The third-order valence-electron chi connectivity index (χ3n) is 3.04. The fraction of sp³-hybridized carbons (Fsp3) is 0.267. The molecule has 0 saturated carbocycles. The van der Waals surface area contributed by atoms with Gasteiger partial charge >= 0.3 is 0 Å². The highest BCUT2D eigenvalue weighted by atomic mass is 79.9. The van der Waals surface area contributed by atoms with Gasteiger partial charge in [-0.2, -0.15) is 0 Å². The number of aliphatic hydroxyl groups is 1. The lowest BCUT2D eigenvalue weighted by molar-refractivity contribution is 0.170. The number of pyridine rings is 1. The second kappa shape index (κ2) is 6.80. The number of benzene rings is 1. The number of halogens is 1. The summed E-state index contributed by atoms with van der Waals surface area (Å²) < 4.78 is 0.976. The lowest BCUT2D eigenvalue weighted by atomic mass is 10.1. The summed E-state index contributed by atoms with van der Waals surface area (Å²) in [5.74, 6) is 0. The fourth-order valence-electron chi connectivity index (χ4n) is 1.87. The van der Waals surface area contributed by atoms with Gasteiger partial charge in [0.25, 0.3) is 0 Å². The molecule has 0 saturated heterocycles. The topological polar surface area (TPSA) is 45.1 Å². The van der Waals surface area contributed by atoms with Gasteiger partial charge in [-0.05, 0) is 36.2 Å². The van der Waals surface area contributed by atoms with E-state index in [9.17, 15) is 5.11 Å². The van der Waals surface area contributed by atoms with E-state index in [0.29, 0.717) is 6.54 Å². The minimum absolute atomic E-state index is 0.163. The van der Waals surface area contributed by atoms with Gasteiger partial charge in [0.2, 0.25) is 0 Å². The number of nitrogens with zero attached hydrogens (tertiary/aromatic N) is 1. The van der Waals surface area contributed by atoms with Gasteiger partial charge in [0.15, 0.2) is 0 Å². The zero-order valence-corrected chi connectivity index (χ0v) is 12.3. The summed E-state index contributed by atoms with van der Waals surface area (Å²) >= 11 is 3.41. The van der Waals surface area contributed by atoms with Gasteiger partial charge in [0.1, 0.15) is 0 Å². The molecule has 1 heterocycles. The number of rotatable bonds is 5. The van der Waals surface area contributed by atoms with Crippen LogP contribution in [0.3, 0.4) is 0 Å². The molecule has 1 aromatic heterocycles. The maximum atomic E-state index is 10.1. The Balaban J connectivity index is 1.92. The normalized spacial score (nSPS) is 14.1. The summed E-state index contributed by atoms with van der Waals surface area (Å²) in [5, 5.41) is 13.5. The first kappa shape index (κ1) is 14.2. The Morgan fingerprint density at radius 3 is 2.74 bits per heavy atom. The predicted octanol–water partition coefficient (Wildman–Crippen LogP) is 3.23. The number of nitrogens with one attached hydrogen (secondary N) is 1. The molecule has 1 aromatic carbocycles. The van der Waals surface area contributed by atoms with Gasteiger partial charge in [0, 0.05) is 29.5 Å². The van der Waals surface area contributed by atoms with Gasteiger partial charge in [-0.3, -0.25) is 4.98 Å². The molecule has 0 spiro atoms. The molecule has 2 N–H and O–H groups in total. The molecule has 2 atom stereocenters. The lowest BCUT2D eigenvalue weighted by Crippen LogP contribution is -2.24. The van der Waals surface area contributed by atoms with E-state index < -0.39 is 6.10 Å². The molecule has 0 aliphatic carbocycles. The third kappa shape index (κ3) is 4.13. The van der Waals surface area contributed by atoms with Gasteiger partial charge in [-0.1, -0.05) is 34.1 Å². The maximum absolute atomic E-state index is 10.1. The molecular weight excluding hydrogens is 304 g/mol. The molecule has 100 valence electrons. The van der Waals surface area contributed by atoms with Crippen molar-refractivity contribution in [2.75, 3.05) is 6.54 Å². The van der Waals surface area contributed by atoms with Gasteiger partial charge < -0.3 is 10.4 Å². The first-order valence-corrected chi connectivity index (χ1v) is 7.03. The van der Waals surface area contributed by atoms with Crippen molar-refractivity contribution in [1.29, 1.82) is 0 Å². The number of hydrogen-bond acceptors (Lipinski definition) is 3. The Kier molecular flexibility index (Phi) is 5.07. The predicted molar refractivity (Wildman–Crippen MR) is 79.8 cm³/mol. The molecule has 3 nitrogen and oxygen atoms in total. The Morgan fingerprint density at radius 1 is 1.26 bits per heavy atom. The smallest absolute Gasteiger partial charge is 0.0914 e. The Bertz CT molecular complexity index is 519. The third-order valence-corrected chi connectivity index (χ3v) is 3.53. The minimum atomic E-state index is -0.517. The molecule has 0 aliphatic rings. The van der Waals surface area contributed by atoms with Crippen LogP contribution < -0.4 is 5.32 Å². The largest absolute Gasteiger partial charge is 0.387 e. The summed E-state index contributed by atoms with van der Waals surface area (Å²) in [6, 6.07) is 11.8. The first-order chi connectivity index (χ1) is 9.16. The Labute approximate surface area is 121 Å². The summed E-state index contributed by atoms with van der Waals surface area (Å²) in [5.41, 5.74) is 2.02. The minimum Gasteiger partial charge on any atom is -0.387 e. The monoisotopic (exact) mass is 320 g/mol. The second-order valence-corrected chi connectivity index (χ2v) is 5.40. The summed E-state index contributed by atoms with van der Waals surface area (Å²) in [7, 11) is 0. The molecule has 0 radical (unpaired) electrons. The van der Waals surface area contributed by atoms with Gasteiger partial charge in [-0.15, -0.1) is 0 Å². The highest BCUT2D eigenvalue weighted by Crippen LogP contribution is 2.18. The van der Waals surface area contributed by atoms with Crippen molar-refractivity contribution < 1.29 is 5.11 Å². The second-order valence-electron chi connectivity index (χ2n) is 4.49. The first-order valence-electron chi connectivity index (χ1n) is 6.23. The Hall–Kier alpha value is -1.23. The van der Waals surface area contributed by atoms with E-state index in [2.05, 4.69) is 33.2 Å². The molecule has 4 heteroatoms. The molecule has 0 fully saturated rings. The average Bonchev–Trinajstić information content (AvgIpc) is 2.45. The van der Waals surface area contributed by atoms with E-state index in [0.717, 1.165) is 15.6 Å². The van der Waals surface area contributed by atoms with Crippen LogP contribution in [0.2, 0.25) is 0 Å². The fourth-order valence-corrected chi connectivity index (χ4v) is 2.29. The summed E-state index contributed by atoms with van der Waals surface area (Å²) in [6.45, 7) is 2.57. The van der Waals surface area contributed by atoms with Crippen molar-refractivity contribution in [3.8, 4) is 0 Å². The number of hydrogen-bond donors (Lipinski definition) is 2. The molecule has 0 amide bonds. The maximum Gasteiger partial charge on any atom is 0.0914 e. The molecule has 0 aliphatic heterocycles. The molecular formula is C15H17BrN2O. The van der Waals surface area contributed by atoms with Crippen LogP contribution in [0, 0.1) is 0 Å². The SMILES string of the molecule is C[C@H](NCC(O)c1cccc(Br)c1)c1cccnc1. The van der Waals surface area contributed by atoms with Crippen LogP contribution in [-0.2, 0) is 0 Å². The molecule has 0 bridgehead atoms. The van der Waals surface area contributed by atoms with Crippen molar-refractivity contribution in [1.82, 2.24) is 10.3 Å². The van der Waals surface area contributed by atoms with Crippen molar-refractivity contribution >= 4 is 15.9 Å². The molecule has 1 unspecified atom stereocenters. The van der Waals surface area contributed by atoms with Crippen molar-refractivity contribution in [2.45, 2.75) is 19.1 Å². The summed E-state index contributed by atoms with van der Waals surface area (Å²) in [4.78, 5) is 4.09. The molecule has 19 heavy (non-hydrogen) atoms. The zero-order valence-electron chi connectivity index (χ0n) is 10.8. The van der Waals surface area contributed by atoms with Crippen LogP contribution in [-0.4, -0.2) is 16.6 Å². The number of aromatic nitrogens is 1. The van der Waals surface area contributed by atoms with E-state index in [1.165, 1.54) is 0 Å². The van der Waals surface area contributed by atoms with Gasteiger partial charge in [0.05, 0.1) is 6.10 Å². The van der Waals surface area contributed by atoms with Crippen LogP contribution in [0.15, 0.2) is 53.3 Å². The number of aliphatic hydroxyl groups excluding tert-OH is 1. The van der Waals surface area contributed by atoms with E-state index in [1.807, 2.05) is 42.6 Å². The highest BCUT2D eigenvalue weighted by molar-refractivity contribution is 9.10. The molecule has 2 rings (SSSR count). The van der Waals surface area contributed by atoms with Crippen LogP contribution in [0.25, 0.3) is 0 Å². The van der Waals surface area contributed by atoms with Crippen LogP contribution in [0.1, 0.15) is 30.2 Å². The molecule has 2 aromatic rings. The summed E-state index contributed by atoms with van der Waals surface area (Å²) in [6.07, 6.45) is 3.08. The quantitative estimate of drug-likeness (QED) is 0.889. The van der Waals surface area contributed by atoms with Crippen LogP contribution >= 0.6 is 15.9 Å². The van der Waals surface area contributed by atoms with Crippen LogP contribution in [0.5, 0.6) is 0 Å². The highest BCUT2D eigenvalue weighted by Gasteiger charge is 2.10. The van der Waals surface area contributed by atoms with Crippen molar-refractivity contribution in [3.05, 3.63) is 64.4 Å². The average molecular weight is 321 g/mol. The zero-order chi connectivity index (χ0) is 13.7. The van der Waals surface area contributed by atoms with E-state index in [4.69, 9.17) is 0 Å². The Morgan fingerprint density at radius 2 is 2.05 bits per heavy atom. The van der Waals surface area contributed by atoms with E-state index in [1.54, 1.807) is 6.20 Å². The van der Waals surface area contributed by atoms with Crippen molar-refractivity contribution in [3.63, 3.8) is 0 Å². The lowest BCUT2D eigenvalue weighted by Gasteiger charge is -2.17. The van der Waals surface area contributed by atoms with Gasteiger partial charge in [-0.25, -0.2) is 0 Å². The standard InChI is InChI=1S/C15H17BrN2O/c1-11(13-5-3-7-17-9-13)18-10-15(19)12-4-2-6-14(16)8-12/h2-9,11,15,18-19H,10H2,1H3/t11-,15?/m0/s1. The van der Waals surface area contributed by atoms with Crippen LogP contribution in [0.4, 0.5) is 0 Å².